The number of nitrogens with zero attached hydrogens (tertiary/aromatic N) is 1. The Morgan fingerprint density at radius 2 is 1.61 bits per heavy atom. The molecule has 4 rings (SSSR count). The maximum atomic E-state index is 12.6. The van der Waals surface area contributed by atoms with Crippen LogP contribution in [0.2, 0.25) is 0 Å². The standard InChI is InChI=1S/C30H31N3O7S/c1-3-17-39-21-15-11-20(12-16-21)29(36)40-22-13-9-19(10-14-22)18-31-33-27(35)26(34)32-28-25(30(37)38-4-2)23-7-5-6-8-24(23)41-28/h9-16,18H,3-8,17H2,1-2H3,(H,32,34)(H,33,35). The number of benzene rings is 2. The van der Waals surface area contributed by atoms with Crippen LogP contribution in [0, 0.1) is 0 Å². The van der Waals surface area contributed by atoms with Crippen LogP contribution in [0.1, 0.15) is 69.8 Å². The fourth-order valence-electron chi connectivity index (χ4n) is 4.14. The Morgan fingerprint density at radius 3 is 2.32 bits per heavy atom. The minimum atomic E-state index is -0.987. The molecule has 41 heavy (non-hydrogen) atoms. The summed E-state index contributed by atoms with van der Waals surface area (Å²) in [6.45, 7) is 4.54. The fourth-order valence-corrected chi connectivity index (χ4v) is 5.42. The molecule has 0 bridgehead atoms. The second-order valence-electron chi connectivity index (χ2n) is 9.12. The van der Waals surface area contributed by atoms with Gasteiger partial charge in [0, 0.05) is 4.88 Å². The lowest BCUT2D eigenvalue weighted by molar-refractivity contribution is -0.136. The van der Waals surface area contributed by atoms with Crippen LogP contribution in [-0.2, 0) is 27.2 Å². The smallest absolute Gasteiger partial charge is 0.343 e. The van der Waals surface area contributed by atoms with Crippen molar-refractivity contribution in [1.82, 2.24) is 5.43 Å². The molecule has 2 amide bonds. The lowest BCUT2D eigenvalue weighted by Gasteiger charge is -2.12. The van der Waals surface area contributed by atoms with E-state index in [0.717, 1.165) is 42.5 Å². The van der Waals surface area contributed by atoms with E-state index in [-0.39, 0.29) is 6.61 Å². The van der Waals surface area contributed by atoms with Gasteiger partial charge in [-0.3, -0.25) is 9.59 Å². The number of hydrogen-bond donors (Lipinski definition) is 2. The molecule has 1 heterocycles. The van der Waals surface area contributed by atoms with E-state index in [0.29, 0.717) is 39.8 Å². The van der Waals surface area contributed by atoms with Gasteiger partial charge in [-0.05, 0) is 98.7 Å². The van der Waals surface area contributed by atoms with Crippen LogP contribution in [0.5, 0.6) is 11.5 Å². The average Bonchev–Trinajstić information content (AvgIpc) is 3.35. The normalized spacial score (nSPS) is 12.3. The molecule has 214 valence electrons. The predicted molar refractivity (Wildman–Crippen MR) is 155 cm³/mol. The molecule has 2 aromatic carbocycles. The molecule has 0 unspecified atom stereocenters. The molecule has 10 nitrogen and oxygen atoms in total. The third kappa shape index (κ3) is 7.79. The van der Waals surface area contributed by atoms with Crippen molar-refractivity contribution in [2.24, 2.45) is 5.10 Å². The summed E-state index contributed by atoms with van der Waals surface area (Å²) in [4.78, 5) is 50.9. The van der Waals surface area contributed by atoms with Gasteiger partial charge in [0.25, 0.3) is 0 Å². The zero-order valence-electron chi connectivity index (χ0n) is 22.9. The van der Waals surface area contributed by atoms with Gasteiger partial charge in [-0.2, -0.15) is 5.10 Å². The number of thiophene rings is 1. The molecule has 0 radical (unpaired) electrons. The monoisotopic (exact) mass is 577 g/mol. The zero-order valence-corrected chi connectivity index (χ0v) is 23.7. The van der Waals surface area contributed by atoms with Gasteiger partial charge in [0.1, 0.15) is 16.5 Å². The summed E-state index contributed by atoms with van der Waals surface area (Å²) in [5.41, 5.74) is 4.38. The van der Waals surface area contributed by atoms with Gasteiger partial charge in [-0.1, -0.05) is 6.92 Å². The van der Waals surface area contributed by atoms with Crippen molar-refractivity contribution in [3.8, 4) is 11.5 Å². The highest BCUT2D eigenvalue weighted by Gasteiger charge is 2.28. The number of fused-ring (bicyclic) bond motifs is 1. The highest BCUT2D eigenvalue weighted by Crippen LogP contribution is 2.38. The Hall–Kier alpha value is -4.51. The third-order valence-corrected chi connectivity index (χ3v) is 7.32. The van der Waals surface area contributed by atoms with Crippen LogP contribution in [0.15, 0.2) is 53.6 Å². The number of hydrazone groups is 1. The van der Waals surface area contributed by atoms with Crippen LogP contribution in [0.3, 0.4) is 0 Å². The number of carbonyl (C=O) groups excluding carboxylic acids is 4. The van der Waals surface area contributed by atoms with Crippen molar-refractivity contribution in [3.05, 3.63) is 75.7 Å². The van der Waals surface area contributed by atoms with Crippen molar-refractivity contribution < 1.29 is 33.4 Å². The molecule has 0 saturated heterocycles. The fraction of sp³-hybridized carbons (Fsp3) is 0.300. The first-order chi connectivity index (χ1) is 19.9. The highest BCUT2D eigenvalue weighted by atomic mass is 32.1. The number of esters is 2. The number of rotatable bonds is 10. The second kappa shape index (κ2) is 14.2. The van der Waals surface area contributed by atoms with E-state index >= 15 is 0 Å². The van der Waals surface area contributed by atoms with Crippen molar-refractivity contribution >= 4 is 46.3 Å². The summed E-state index contributed by atoms with van der Waals surface area (Å²) < 4.78 is 16.1. The van der Waals surface area contributed by atoms with E-state index in [1.807, 2.05) is 6.92 Å². The van der Waals surface area contributed by atoms with E-state index in [2.05, 4.69) is 15.8 Å². The summed E-state index contributed by atoms with van der Waals surface area (Å²) >= 11 is 1.30. The SMILES string of the molecule is CCCOc1ccc(C(=O)Oc2ccc(C=NNC(=O)C(=O)Nc3sc4c(c3C(=O)OCC)CCCC4)cc2)cc1. The van der Waals surface area contributed by atoms with E-state index in [1.165, 1.54) is 17.6 Å². The van der Waals surface area contributed by atoms with Crippen molar-refractivity contribution in [2.75, 3.05) is 18.5 Å². The molecular formula is C30H31N3O7S. The van der Waals surface area contributed by atoms with Gasteiger partial charge < -0.3 is 19.5 Å². The first-order valence-corrected chi connectivity index (χ1v) is 14.2. The van der Waals surface area contributed by atoms with E-state index < -0.39 is 23.8 Å². The first kappa shape index (κ1) is 29.5. The molecule has 0 aliphatic heterocycles. The molecule has 1 aromatic heterocycles. The molecular weight excluding hydrogens is 546 g/mol. The minimum Gasteiger partial charge on any atom is -0.494 e. The Balaban J connectivity index is 1.30. The lowest BCUT2D eigenvalue weighted by Crippen LogP contribution is -2.32. The van der Waals surface area contributed by atoms with Crippen molar-refractivity contribution in [3.63, 3.8) is 0 Å². The largest absolute Gasteiger partial charge is 0.494 e. The Morgan fingerprint density at radius 1 is 0.902 bits per heavy atom. The number of amides is 2. The Kier molecular flexibility index (Phi) is 10.2. The summed E-state index contributed by atoms with van der Waals surface area (Å²) in [7, 11) is 0. The molecule has 0 saturated carbocycles. The molecule has 0 atom stereocenters. The molecule has 1 aliphatic carbocycles. The van der Waals surface area contributed by atoms with Gasteiger partial charge >= 0.3 is 23.8 Å². The maximum absolute atomic E-state index is 12.6. The number of nitrogens with one attached hydrogen (secondary N) is 2. The maximum Gasteiger partial charge on any atom is 0.343 e. The Bertz CT molecular complexity index is 1430. The van der Waals surface area contributed by atoms with Gasteiger partial charge in [0.15, 0.2) is 0 Å². The number of aryl methyl sites for hydroxylation is 1. The number of hydrogen-bond acceptors (Lipinski definition) is 9. The van der Waals surface area contributed by atoms with Crippen molar-refractivity contribution in [1.29, 1.82) is 0 Å². The summed E-state index contributed by atoms with van der Waals surface area (Å²) in [6, 6.07) is 13.2. The summed E-state index contributed by atoms with van der Waals surface area (Å²) in [6.07, 6.45) is 5.74. The Labute approximate surface area is 241 Å². The molecule has 1 aliphatic rings. The topological polar surface area (TPSA) is 132 Å². The van der Waals surface area contributed by atoms with Gasteiger partial charge in [0.05, 0.1) is 30.6 Å². The van der Waals surface area contributed by atoms with Crippen LogP contribution in [0.25, 0.3) is 0 Å². The van der Waals surface area contributed by atoms with E-state index in [1.54, 1.807) is 55.5 Å². The van der Waals surface area contributed by atoms with E-state index in [9.17, 15) is 19.2 Å². The van der Waals surface area contributed by atoms with Crippen LogP contribution < -0.4 is 20.2 Å². The van der Waals surface area contributed by atoms with Crippen LogP contribution in [0.4, 0.5) is 5.00 Å². The quantitative estimate of drug-likeness (QED) is 0.115. The molecule has 2 N–H and O–H groups in total. The second-order valence-corrected chi connectivity index (χ2v) is 10.2. The lowest BCUT2D eigenvalue weighted by atomic mass is 9.95. The minimum absolute atomic E-state index is 0.207. The van der Waals surface area contributed by atoms with Gasteiger partial charge in [-0.15, -0.1) is 11.3 Å². The number of carbonyl (C=O) groups is 4. The third-order valence-electron chi connectivity index (χ3n) is 6.12. The molecule has 3 aromatic rings. The van der Waals surface area contributed by atoms with Crippen molar-refractivity contribution in [2.45, 2.75) is 46.0 Å². The molecule has 0 spiro atoms. The first-order valence-electron chi connectivity index (χ1n) is 13.4. The van der Waals surface area contributed by atoms with Crippen LogP contribution in [-0.4, -0.2) is 43.2 Å². The predicted octanol–water partition coefficient (Wildman–Crippen LogP) is 4.90. The summed E-state index contributed by atoms with van der Waals surface area (Å²) in [5, 5.41) is 6.69. The average molecular weight is 578 g/mol. The van der Waals surface area contributed by atoms with Crippen LogP contribution >= 0.6 is 11.3 Å². The molecule has 11 heteroatoms. The number of anilines is 1. The highest BCUT2D eigenvalue weighted by molar-refractivity contribution is 7.17. The zero-order chi connectivity index (χ0) is 29.2. The number of ether oxygens (including phenoxy) is 3. The van der Waals surface area contributed by atoms with E-state index in [4.69, 9.17) is 14.2 Å². The van der Waals surface area contributed by atoms with Gasteiger partial charge in [-0.25, -0.2) is 15.0 Å². The summed E-state index contributed by atoms with van der Waals surface area (Å²) in [5.74, 6) is -1.94. The van der Waals surface area contributed by atoms with Gasteiger partial charge in [0.2, 0.25) is 0 Å². The molecule has 0 fully saturated rings.